The molecule has 0 saturated heterocycles. The lowest BCUT2D eigenvalue weighted by molar-refractivity contribution is 0.415. The van der Waals surface area contributed by atoms with Gasteiger partial charge in [-0.3, -0.25) is 0 Å². The number of methoxy groups -OCH3 is 1. The summed E-state index contributed by atoms with van der Waals surface area (Å²) < 4.78 is 7.39. The number of ether oxygens (including phenoxy) is 1. The van der Waals surface area contributed by atoms with Crippen LogP contribution < -0.4 is 4.74 Å². The Kier molecular flexibility index (Phi) is 3.34. The van der Waals surface area contributed by atoms with Crippen LogP contribution in [0.15, 0.2) is 72.9 Å². The van der Waals surface area contributed by atoms with Crippen LogP contribution in [0.3, 0.4) is 0 Å². The fraction of sp³-hybridized carbons (Fsp3) is 0.0435. The predicted molar refractivity (Wildman–Crippen MR) is 107 cm³/mol. The minimum atomic E-state index is 0.647. The van der Waals surface area contributed by atoms with Gasteiger partial charge in [-0.25, -0.2) is 4.98 Å². The maximum atomic E-state index is 9.24. The number of pyridine rings is 2. The maximum absolute atomic E-state index is 9.24. The normalized spacial score (nSPS) is 11.1. The molecule has 0 radical (unpaired) electrons. The van der Waals surface area contributed by atoms with Crippen molar-refractivity contribution in [1.82, 2.24) is 9.38 Å². The molecule has 0 saturated carbocycles. The minimum absolute atomic E-state index is 0.647. The van der Waals surface area contributed by atoms with Crippen molar-refractivity contribution in [2.45, 2.75) is 0 Å². The molecule has 0 aliphatic carbocycles. The van der Waals surface area contributed by atoms with E-state index in [0.29, 0.717) is 5.56 Å². The number of rotatable bonds is 2. The van der Waals surface area contributed by atoms with E-state index in [4.69, 9.17) is 9.72 Å². The van der Waals surface area contributed by atoms with Crippen molar-refractivity contribution in [2.75, 3.05) is 7.11 Å². The van der Waals surface area contributed by atoms with Crippen LogP contribution in [0.5, 0.6) is 5.75 Å². The first-order chi connectivity index (χ1) is 13.3. The molecule has 2 aromatic carbocycles. The van der Waals surface area contributed by atoms with E-state index in [1.165, 1.54) is 0 Å². The van der Waals surface area contributed by atoms with Crippen molar-refractivity contribution < 1.29 is 4.74 Å². The Morgan fingerprint density at radius 2 is 1.78 bits per heavy atom. The third kappa shape index (κ3) is 2.33. The predicted octanol–water partition coefficient (Wildman–Crippen LogP) is 5.19. The molecule has 27 heavy (non-hydrogen) atoms. The van der Waals surface area contributed by atoms with Gasteiger partial charge in [-0.15, -0.1) is 0 Å². The molecule has 0 N–H and O–H groups in total. The van der Waals surface area contributed by atoms with Gasteiger partial charge in [-0.1, -0.05) is 18.2 Å². The minimum Gasteiger partial charge on any atom is -0.497 e. The van der Waals surface area contributed by atoms with Crippen LogP contribution in [0.25, 0.3) is 38.6 Å². The molecule has 0 fully saturated rings. The molecule has 3 aromatic heterocycles. The molecule has 4 heteroatoms. The van der Waals surface area contributed by atoms with Crippen LogP contribution in [-0.2, 0) is 0 Å². The average molecular weight is 349 g/mol. The van der Waals surface area contributed by atoms with Gasteiger partial charge in [0.2, 0.25) is 0 Å². The van der Waals surface area contributed by atoms with Gasteiger partial charge in [-0.05, 0) is 48.5 Å². The van der Waals surface area contributed by atoms with Crippen LogP contribution in [0.2, 0.25) is 0 Å². The highest BCUT2D eigenvalue weighted by Gasteiger charge is 2.15. The summed E-state index contributed by atoms with van der Waals surface area (Å²) in [6, 6.07) is 24.2. The second-order valence-corrected chi connectivity index (χ2v) is 6.43. The SMILES string of the molecule is COc1ccc(-c2nc3ccccc3c3cc4cc(C#N)ccn4c23)cc1. The molecular formula is C23H15N3O. The van der Waals surface area contributed by atoms with Gasteiger partial charge in [0.15, 0.2) is 0 Å². The van der Waals surface area contributed by atoms with Crippen LogP contribution in [0.1, 0.15) is 5.56 Å². The standard InChI is InChI=1S/C23H15N3O/c1-27-18-8-6-16(7-9-18)22-23-20(19-4-2-3-5-21(19)25-22)13-17-12-15(14-24)10-11-26(17)23/h2-13H,1H3. The van der Waals surface area contributed by atoms with Crippen LogP contribution in [0.4, 0.5) is 0 Å². The van der Waals surface area contributed by atoms with Crippen LogP contribution >= 0.6 is 0 Å². The van der Waals surface area contributed by atoms with Crippen LogP contribution in [0, 0.1) is 11.3 Å². The number of nitrogens with zero attached hydrogens (tertiary/aromatic N) is 3. The zero-order chi connectivity index (χ0) is 18.4. The van der Waals surface area contributed by atoms with E-state index in [2.05, 4.69) is 22.6 Å². The largest absolute Gasteiger partial charge is 0.497 e. The van der Waals surface area contributed by atoms with E-state index < -0.39 is 0 Å². The van der Waals surface area contributed by atoms with Gasteiger partial charge < -0.3 is 9.14 Å². The van der Waals surface area contributed by atoms with Crippen molar-refractivity contribution in [2.24, 2.45) is 0 Å². The summed E-state index contributed by atoms with van der Waals surface area (Å²) in [5.74, 6) is 0.814. The third-order valence-corrected chi connectivity index (χ3v) is 4.92. The van der Waals surface area contributed by atoms with E-state index in [-0.39, 0.29) is 0 Å². The number of aromatic nitrogens is 2. The Bertz CT molecular complexity index is 1360. The molecule has 5 rings (SSSR count). The van der Waals surface area contributed by atoms with Crippen molar-refractivity contribution in [1.29, 1.82) is 5.26 Å². The molecule has 0 atom stereocenters. The fourth-order valence-electron chi connectivity index (χ4n) is 3.62. The fourth-order valence-corrected chi connectivity index (χ4v) is 3.62. The summed E-state index contributed by atoms with van der Waals surface area (Å²) in [7, 11) is 1.66. The van der Waals surface area contributed by atoms with Crippen molar-refractivity contribution in [3.05, 3.63) is 78.5 Å². The first-order valence-electron chi connectivity index (χ1n) is 8.66. The zero-order valence-electron chi connectivity index (χ0n) is 14.7. The zero-order valence-corrected chi connectivity index (χ0v) is 14.7. The summed E-state index contributed by atoms with van der Waals surface area (Å²) >= 11 is 0. The highest BCUT2D eigenvalue weighted by molar-refractivity contribution is 6.12. The summed E-state index contributed by atoms with van der Waals surface area (Å²) in [5.41, 5.74) is 5.56. The monoisotopic (exact) mass is 349 g/mol. The van der Waals surface area contributed by atoms with E-state index in [0.717, 1.165) is 44.3 Å². The summed E-state index contributed by atoms with van der Waals surface area (Å²) in [5, 5.41) is 11.5. The topological polar surface area (TPSA) is 50.3 Å². The van der Waals surface area contributed by atoms with E-state index in [9.17, 15) is 5.26 Å². The highest BCUT2D eigenvalue weighted by atomic mass is 16.5. The maximum Gasteiger partial charge on any atom is 0.118 e. The molecule has 0 unspecified atom stereocenters. The second-order valence-electron chi connectivity index (χ2n) is 6.43. The molecule has 4 nitrogen and oxygen atoms in total. The molecule has 0 aliphatic heterocycles. The lowest BCUT2D eigenvalue weighted by Gasteiger charge is -2.09. The number of fused-ring (bicyclic) bond motifs is 5. The van der Waals surface area contributed by atoms with Crippen molar-refractivity contribution in [3.8, 4) is 23.1 Å². The van der Waals surface area contributed by atoms with Crippen LogP contribution in [-0.4, -0.2) is 16.5 Å². The molecule has 0 amide bonds. The summed E-state index contributed by atoms with van der Waals surface area (Å²) in [4.78, 5) is 4.97. The average Bonchev–Trinajstić information content (AvgIpc) is 3.12. The molecular weight excluding hydrogens is 334 g/mol. The summed E-state index contributed by atoms with van der Waals surface area (Å²) in [6.45, 7) is 0. The molecule has 5 aromatic rings. The number of nitriles is 1. The van der Waals surface area contributed by atoms with E-state index in [1.807, 2.05) is 60.8 Å². The molecule has 0 spiro atoms. The molecule has 3 heterocycles. The number of hydrogen-bond acceptors (Lipinski definition) is 3. The Morgan fingerprint density at radius 3 is 2.56 bits per heavy atom. The number of hydrogen-bond donors (Lipinski definition) is 0. The third-order valence-electron chi connectivity index (χ3n) is 4.92. The quantitative estimate of drug-likeness (QED) is 0.441. The Balaban J connectivity index is 1.93. The van der Waals surface area contributed by atoms with Gasteiger partial charge in [0.1, 0.15) is 5.75 Å². The van der Waals surface area contributed by atoms with E-state index in [1.54, 1.807) is 7.11 Å². The summed E-state index contributed by atoms with van der Waals surface area (Å²) in [6.07, 6.45) is 1.94. The number of benzene rings is 2. The van der Waals surface area contributed by atoms with Gasteiger partial charge in [0.25, 0.3) is 0 Å². The lowest BCUT2D eigenvalue weighted by Crippen LogP contribution is -1.92. The lowest BCUT2D eigenvalue weighted by atomic mass is 10.1. The van der Waals surface area contributed by atoms with E-state index >= 15 is 0 Å². The first kappa shape index (κ1) is 15.4. The van der Waals surface area contributed by atoms with Gasteiger partial charge in [-0.2, -0.15) is 5.26 Å². The Labute approximate surface area is 155 Å². The molecule has 128 valence electrons. The Hall–Kier alpha value is -3.84. The molecule has 0 aliphatic rings. The van der Waals surface area contributed by atoms with Gasteiger partial charge in [0.05, 0.1) is 35.5 Å². The van der Waals surface area contributed by atoms with Gasteiger partial charge in [0, 0.05) is 28.0 Å². The van der Waals surface area contributed by atoms with Crippen molar-refractivity contribution in [3.63, 3.8) is 0 Å². The second kappa shape index (κ2) is 5.86. The Morgan fingerprint density at radius 1 is 0.963 bits per heavy atom. The van der Waals surface area contributed by atoms with Gasteiger partial charge >= 0.3 is 0 Å². The first-order valence-corrected chi connectivity index (χ1v) is 8.66. The van der Waals surface area contributed by atoms with Crippen molar-refractivity contribution >= 4 is 27.3 Å². The smallest absolute Gasteiger partial charge is 0.118 e. The highest BCUT2D eigenvalue weighted by Crippen LogP contribution is 2.35. The number of para-hydroxylation sites is 1. The molecule has 0 bridgehead atoms.